The number of fused-ring (bicyclic) bond motifs is 1. The van der Waals surface area contributed by atoms with Crippen molar-refractivity contribution in [1.29, 1.82) is 5.26 Å². The number of carbonyl (C=O) groups excluding carboxylic acids is 1. The lowest BCUT2D eigenvalue weighted by Gasteiger charge is -2.07. The average molecular weight is 338 g/mol. The van der Waals surface area contributed by atoms with Crippen molar-refractivity contribution in [3.8, 4) is 11.8 Å². The van der Waals surface area contributed by atoms with Crippen LogP contribution in [0, 0.1) is 11.3 Å². The summed E-state index contributed by atoms with van der Waals surface area (Å²) in [5, 5.41) is 11.8. The van der Waals surface area contributed by atoms with E-state index in [1.54, 1.807) is 42.7 Å². The van der Waals surface area contributed by atoms with Crippen LogP contribution < -0.4 is 5.32 Å². The first kappa shape index (κ1) is 15.6. The molecular weight excluding hydrogens is 324 g/mol. The Kier molecular flexibility index (Phi) is 3.92. The fraction of sp³-hybridized carbons (Fsp3) is 0. The number of hydrogen-bond donors (Lipinski definition) is 1. The van der Waals surface area contributed by atoms with Gasteiger partial charge in [0.1, 0.15) is 6.33 Å². The molecule has 124 valence electrons. The molecular formula is C21H14N4O. The number of aromatic nitrogens is 2. The van der Waals surface area contributed by atoms with Crippen LogP contribution in [-0.2, 0) is 0 Å². The van der Waals surface area contributed by atoms with E-state index in [-0.39, 0.29) is 5.91 Å². The zero-order valence-corrected chi connectivity index (χ0v) is 13.8. The summed E-state index contributed by atoms with van der Waals surface area (Å²) in [6.45, 7) is 0. The maximum absolute atomic E-state index is 12.5. The molecule has 0 fully saturated rings. The summed E-state index contributed by atoms with van der Waals surface area (Å²) in [5.41, 5.74) is 4.29. The number of nitrogens with zero attached hydrogens (tertiary/aromatic N) is 3. The highest BCUT2D eigenvalue weighted by atomic mass is 16.1. The number of hydrogen-bond acceptors (Lipinski definition) is 3. The van der Waals surface area contributed by atoms with Gasteiger partial charge in [0.2, 0.25) is 0 Å². The van der Waals surface area contributed by atoms with Crippen LogP contribution in [0.5, 0.6) is 0 Å². The summed E-state index contributed by atoms with van der Waals surface area (Å²) in [6.07, 6.45) is 1.75. The highest BCUT2D eigenvalue weighted by Gasteiger charge is 2.10. The van der Waals surface area contributed by atoms with E-state index in [9.17, 15) is 4.79 Å². The summed E-state index contributed by atoms with van der Waals surface area (Å²) < 4.78 is 1.98. The van der Waals surface area contributed by atoms with E-state index >= 15 is 0 Å². The number of nitrogens with one attached hydrogen (secondary N) is 1. The Morgan fingerprint density at radius 2 is 1.85 bits per heavy atom. The lowest BCUT2D eigenvalue weighted by atomic mass is 10.1. The van der Waals surface area contributed by atoms with E-state index in [2.05, 4.69) is 16.4 Å². The summed E-state index contributed by atoms with van der Waals surface area (Å²) >= 11 is 0. The van der Waals surface area contributed by atoms with Gasteiger partial charge in [-0.25, -0.2) is 4.98 Å². The largest absolute Gasteiger partial charge is 0.322 e. The molecule has 5 heteroatoms. The third kappa shape index (κ3) is 2.92. The maximum atomic E-state index is 12.5. The van der Waals surface area contributed by atoms with Gasteiger partial charge in [0, 0.05) is 16.9 Å². The zero-order chi connectivity index (χ0) is 17.9. The average Bonchev–Trinajstić information content (AvgIpc) is 3.12. The number of carbonyl (C=O) groups is 1. The van der Waals surface area contributed by atoms with Crippen molar-refractivity contribution in [2.45, 2.75) is 0 Å². The predicted octanol–water partition coefficient (Wildman–Crippen LogP) is 4.15. The lowest BCUT2D eigenvalue weighted by Crippen LogP contribution is -2.11. The van der Waals surface area contributed by atoms with Crippen LogP contribution in [0.4, 0.5) is 5.69 Å². The van der Waals surface area contributed by atoms with Crippen molar-refractivity contribution in [3.05, 3.63) is 90.3 Å². The minimum Gasteiger partial charge on any atom is -0.322 e. The Labute approximate surface area is 150 Å². The van der Waals surface area contributed by atoms with Crippen LogP contribution in [0.15, 0.2) is 79.1 Å². The molecule has 0 aliphatic carbocycles. The second-order valence-electron chi connectivity index (χ2n) is 5.80. The van der Waals surface area contributed by atoms with Gasteiger partial charge in [0.25, 0.3) is 5.91 Å². The van der Waals surface area contributed by atoms with E-state index < -0.39 is 0 Å². The van der Waals surface area contributed by atoms with E-state index in [1.807, 2.05) is 41.0 Å². The normalized spacial score (nSPS) is 10.4. The van der Waals surface area contributed by atoms with Crippen molar-refractivity contribution in [1.82, 2.24) is 9.55 Å². The van der Waals surface area contributed by atoms with Crippen LogP contribution in [0.2, 0.25) is 0 Å². The third-order valence-electron chi connectivity index (χ3n) is 4.09. The second kappa shape index (κ2) is 6.54. The Morgan fingerprint density at radius 1 is 1.00 bits per heavy atom. The molecule has 26 heavy (non-hydrogen) atoms. The summed E-state index contributed by atoms with van der Waals surface area (Å²) in [4.78, 5) is 16.9. The zero-order valence-electron chi connectivity index (χ0n) is 13.8. The number of nitriles is 1. The van der Waals surface area contributed by atoms with Gasteiger partial charge in [-0.1, -0.05) is 24.3 Å². The topological polar surface area (TPSA) is 70.7 Å². The first-order valence-electron chi connectivity index (χ1n) is 8.09. The fourth-order valence-electron chi connectivity index (χ4n) is 2.82. The molecule has 4 aromatic rings. The molecule has 0 bridgehead atoms. The molecule has 1 heterocycles. The van der Waals surface area contributed by atoms with E-state index in [4.69, 9.17) is 5.26 Å². The van der Waals surface area contributed by atoms with Crippen LogP contribution in [0.25, 0.3) is 16.7 Å². The van der Waals surface area contributed by atoms with Gasteiger partial charge >= 0.3 is 0 Å². The molecule has 4 rings (SSSR count). The van der Waals surface area contributed by atoms with Crippen LogP contribution in [-0.4, -0.2) is 15.5 Å². The number of imidazole rings is 1. The van der Waals surface area contributed by atoms with Crippen LogP contribution >= 0.6 is 0 Å². The molecule has 1 amide bonds. The number of anilines is 1. The van der Waals surface area contributed by atoms with Gasteiger partial charge in [0.15, 0.2) is 0 Å². The van der Waals surface area contributed by atoms with Crippen molar-refractivity contribution < 1.29 is 4.79 Å². The van der Waals surface area contributed by atoms with Gasteiger partial charge in [-0.05, 0) is 48.5 Å². The van der Waals surface area contributed by atoms with Crippen molar-refractivity contribution in [2.24, 2.45) is 0 Å². The number of rotatable bonds is 3. The standard InChI is InChI=1S/C21H14N4O/c22-13-15-5-4-6-17(11-15)24-21(26)16-9-10-20-19(12-16)23-14-25(20)18-7-2-1-3-8-18/h1-12,14H,(H,24,26). The first-order valence-corrected chi connectivity index (χ1v) is 8.09. The predicted molar refractivity (Wildman–Crippen MR) is 100 cm³/mol. The van der Waals surface area contributed by atoms with Crippen molar-refractivity contribution >= 4 is 22.6 Å². The quantitative estimate of drug-likeness (QED) is 0.610. The molecule has 5 nitrogen and oxygen atoms in total. The van der Waals surface area contributed by atoms with E-state index in [0.717, 1.165) is 16.7 Å². The SMILES string of the molecule is N#Cc1cccc(NC(=O)c2ccc3c(c2)ncn3-c2ccccc2)c1. The molecule has 0 atom stereocenters. The van der Waals surface area contributed by atoms with Gasteiger partial charge < -0.3 is 5.32 Å². The molecule has 1 N–H and O–H groups in total. The molecule has 0 unspecified atom stereocenters. The van der Waals surface area contributed by atoms with Crippen molar-refractivity contribution in [2.75, 3.05) is 5.32 Å². The summed E-state index contributed by atoms with van der Waals surface area (Å²) in [5.74, 6) is -0.240. The van der Waals surface area contributed by atoms with E-state index in [0.29, 0.717) is 16.8 Å². The highest BCUT2D eigenvalue weighted by molar-refractivity contribution is 6.06. The van der Waals surface area contributed by atoms with Gasteiger partial charge in [-0.15, -0.1) is 0 Å². The molecule has 3 aromatic carbocycles. The Bertz CT molecular complexity index is 1140. The molecule has 0 aliphatic heterocycles. The van der Waals surface area contributed by atoms with Crippen LogP contribution in [0.1, 0.15) is 15.9 Å². The summed E-state index contributed by atoms with van der Waals surface area (Å²) in [7, 11) is 0. The summed E-state index contributed by atoms with van der Waals surface area (Å²) in [6, 6.07) is 24.2. The highest BCUT2D eigenvalue weighted by Crippen LogP contribution is 2.20. The van der Waals surface area contributed by atoms with Gasteiger partial charge in [-0.3, -0.25) is 9.36 Å². The van der Waals surface area contributed by atoms with Gasteiger partial charge in [-0.2, -0.15) is 5.26 Å². The Morgan fingerprint density at radius 3 is 2.65 bits per heavy atom. The number of benzene rings is 3. The minimum atomic E-state index is -0.240. The smallest absolute Gasteiger partial charge is 0.255 e. The first-order chi connectivity index (χ1) is 12.7. The Balaban J connectivity index is 1.63. The molecule has 0 aliphatic rings. The lowest BCUT2D eigenvalue weighted by molar-refractivity contribution is 0.102. The third-order valence-corrected chi connectivity index (χ3v) is 4.09. The fourth-order valence-corrected chi connectivity index (χ4v) is 2.82. The van der Waals surface area contributed by atoms with Gasteiger partial charge in [0.05, 0.1) is 22.7 Å². The maximum Gasteiger partial charge on any atom is 0.255 e. The molecule has 0 saturated heterocycles. The number of amides is 1. The second-order valence-corrected chi connectivity index (χ2v) is 5.80. The Hall–Kier alpha value is -3.91. The molecule has 0 spiro atoms. The molecule has 0 radical (unpaired) electrons. The van der Waals surface area contributed by atoms with Crippen molar-refractivity contribution in [3.63, 3.8) is 0 Å². The van der Waals surface area contributed by atoms with Crippen LogP contribution in [0.3, 0.4) is 0 Å². The van der Waals surface area contributed by atoms with E-state index in [1.165, 1.54) is 0 Å². The molecule has 1 aromatic heterocycles. The molecule has 0 saturated carbocycles. The number of para-hydroxylation sites is 1. The minimum absolute atomic E-state index is 0.240. The monoisotopic (exact) mass is 338 g/mol.